The van der Waals surface area contributed by atoms with Crippen molar-refractivity contribution in [3.63, 3.8) is 0 Å². The monoisotopic (exact) mass is 268 g/mol. The first-order valence-corrected chi connectivity index (χ1v) is 7.49. The van der Waals surface area contributed by atoms with E-state index in [0.717, 1.165) is 25.8 Å². The summed E-state index contributed by atoms with van der Waals surface area (Å²) in [6.07, 6.45) is 5.64. The van der Waals surface area contributed by atoms with Crippen molar-refractivity contribution < 1.29 is 9.53 Å². The Kier molecular flexibility index (Phi) is 4.09. The topological polar surface area (TPSA) is 50.4 Å². The van der Waals surface area contributed by atoms with Crippen LogP contribution in [0.1, 0.15) is 59.8 Å². The highest BCUT2D eigenvalue weighted by atomic mass is 16.6. The number of nitrogens with one attached hydrogen (secondary N) is 2. The third kappa shape index (κ3) is 5.01. The highest BCUT2D eigenvalue weighted by Gasteiger charge is 2.38. The summed E-state index contributed by atoms with van der Waals surface area (Å²) in [6, 6.07) is 0.816. The van der Waals surface area contributed by atoms with E-state index in [4.69, 9.17) is 4.74 Å². The molecule has 0 bridgehead atoms. The average Bonchev–Trinajstić information content (AvgIpc) is 2.82. The lowest BCUT2D eigenvalue weighted by Gasteiger charge is -2.22. The molecule has 2 fully saturated rings. The highest BCUT2D eigenvalue weighted by molar-refractivity contribution is 5.68. The molecule has 0 aliphatic heterocycles. The molecular weight excluding hydrogens is 240 g/mol. The van der Waals surface area contributed by atoms with E-state index in [1.165, 1.54) is 12.8 Å². The van der Waals surface area contributed by atoms with Crippen LogP contribution >= 0.6 is 0 Å². The van der Waals surface area contributed by atoms with Crippen molar-refractivity contribution in [2.75, 3.05) is 6.54 Å². The number of carbonyl (C=O) groups is 1. The van der Waals surface area contributed by atoms with Gasteiger partial charge >= 0.3 is 6.09 Å². The highest BCUT2D eigenvalue weighted by Crippen LogP contribution is 2.44. The molecule has 0 heterocycles. The van der Waals surface area contributed by atoms with Crippen molar-refractivity contribution in [1.29, 1.82) is 0 Å². The van der Waals surface area contributed by atoms with Gasteiger partial charge in [-0.3, -0.25) is 0 Å². The van der Waals surface area contributed by atoms with Crippen molar-refractivity contribution >= 4 is 6.09 Å². The molecule has 2 aliphatic carbocycles. The molecular formula is C15H28N2O2. The zero-order valence-electron chi connectivity index (χ0n) is 12.7. The first kappa shape index (κ1) is 14.6. The van der Waals surface area contributed by atoms with Gasteiger partial charge in [0.05, 0.1) is 0 Å². The van der Waals surface area contributed by atoms with Gasteiger partial charge in [0.15, 0.2) is 0 Å². The summed E-state index contributed by atoms with van der Waals surface area (Å²) in [7, 11) is 0. The number of alkyl carbamates (subject to hydrolysis) is 1. The van der Waals surface area contributed by atoms with E-state index >= 15 is 0 Å². The molecule has 0 radical (unpaired) electrons. The van der Waals surface area contributed by atoms with E-state index in [9.17, 15) is 4.79 Å². The molecule has 4 heteroatoms. The molecule has 1 amide bonds. The smallest absolute Gasteiger partial charge is 0.407 e. The number of amides is 1. The molecule has 110 valence electrons. The van der Waals surface area contributed by atoms with Gasteiger partial charge in [0, 0.05) is 18.6 Å². The van der Waals surface area contributed by atoms with Crippen molar-refractivity contribution in [2.45, 2.75) is 77.5 Å². The number of hydrogen-bond acceptors (Lipinski definition) is 3. The van der Waals surface area contributed by atoms with Gasteiger partial charge in [0.2, 0.25) is 0 Å². The minimum Gasteiger partial charge on any atom is -0.444 e. The number of ether oxygens (including phenoxy) is 1. The van der Waals surface area contributed by atoms with Crippen molar-refractivity contribution in [3.05, 3.63) is 0 Å². The van der Waals surface area contributed by atoms with Crippen LogP contribution in [0.25, 0.3) is 0 Å². The van der Waals surface area contributed by atoms with Gasteiger partial charge in [-0.15, -0.1) is 0 Å². The predicted octanol–water partition coefficient (Wildman–Crippen LogP) is 2.82. The van der Waals surface area contributed by atoms with Crippen LogP contribution < -0.4 is 10.6 Å². The average molecular weight is 268 g/mol. The van der Waals surface area contributed by atoms with Crippen LogP contribution in [0.5, 0.6) is 0 Å². The molecule has 2 aliphatic rings. The van der Waals surface area contributed by atoms with Gasteiger partial charge in [0.1, 0.15) is 5.60 Å². The fourth-order valence-electron chi connectivity index (χ4n) is 2.55. The molecule has 0 spiro atoms. The van der Waals surface area contributed by atoms with Crippen LogP contribution in [-0.4, -0.2) is 30.3 Å². The second-order valence-electron chi connectivity index (χ2n) is 7.54. The minimum absolute atomic E-state index is 0.263. The predicted molar refractivity (Wildman–Crippen MR) is 76.1 cm³/mol. The lowest BCUT2D eigenvalue weighted by molar-refractivity contribution is 0.0505. The molecule has 0 saturated heterocycles. The van der Waals surface area contributed by atoms with Crippen molar-refractivity contribution in [3.8, 4) is 0 Å². The zero-order chi connectivity index (χ0) is 14.1. The lowest BCUT2D eigenvalue weighted by Crippen LogP contribution is -2.39. The largest absolute Gasteiger partial charge is 0.444 e. The SMILES string of the molecule is CC1(CNC2CCC(NC(=O)OC(C)(C)C)C2)CC1. The van der Waals surface area contributed by atoms with Crippen LogP contribution in [0, 0.1) is 5.41 Å². The van der Waals surface area contributed by atoms with E-state index in [-0.39, 0.29) is 12.1 Å². The molecule has 4 nitrogen and oxygen atoms in total. The normalized spacial score (nSPS) is 29.1. The van der Waals surface area contributed by atoms with Gasteiger partial charge in [-0.25, -0.2) is 4.79 Å². The molecule has 2 rings (SSSR count). The van der Waals surface area contributed by atoms with Crippen LogP contribution in [0.15, 0.2) is 0 Å². The molecule has 19 heavy (non-hydrogen) atoms. The van der Waals surface area contributed by atoms with E-state index in [1.807, 2.05) is 20.8 Å². The maximum atomic E-state index is 11.7. The molecule has 2 saturated carbocycles. The van der Waals surface area contributed by atoms with Gasteiger partial charge in [-0.1, -0.05) is 6.92 Å². The molecule has 2 unspecified atom stereocenters. The maximum Gasteiger partial charge on any atom is 0.407 e. The molecule has 2 atom stereocenters. The van der Waals surface area contributed by atoms with Crippen molar-refractivity contribution in [1.82, 2.24) is 10.6 Å². The van der Waals surface area contributed by atoms with Crippen molar-refractivity contribution in [2.24, 2.45) is 5.41 Å². The first-order valence-electron chi connectivity index (χ1n) is 7.49. The molecule has 0 aromatic rings. The zero-order valence-corrected chi connectivity index (χ0v) is 12.7. The number of rotatable bonds is 4. The molecule has 0 aromatic carbocycles. The lowest BCUT2D eigenvalue weighted by atomic mass is 10.1. The van der Waals surface area contributed by atoms with Gasteiger partial charge in [-0.2, -0.15) is 0 Å². The number of hydrogen-bond donors (Lipinski definition) is 2. The minimum atomic E-state index is -0.416. The summed E-state index contributed by atoms with van der Waals surface area (Å²) in [5.41, 5.74) is 0.136. The summed E-state index contributed by atoms with van der Waals surface area (Å²) in [6.45, 7) is 9.13. The van der Waals surface area contributed by atoms with Crippen LogP contribution in [-0.2, 0) is 4.74 Å². The van der Waals surface area contributed by atoms with Gasteiger partial charge in [0.25, 0.3) is 0 Å². The molecule has 0 aromatic heterocycles. The first-order chi connectivity index (χ1) is 8.76. The Bertz CT molecular complexity index is 332. The summed E-state index contributed by atoms with van der Waals surface area (Å²) < 4.78 is 5.29. The number of carbonyl (C=O) groups excluding carboxylic acids is 1. The summed E-state index contributed by atoms with van der Waals surface area (Å²) in [5, 5.41) is 6.62. The Morgan fingerprint density at radius 3 is 2.47 bits per heavy atom. The van der Waals surface area contributed by atoms with Gasteiger partial charge < -0.3 is 15.4 Å². The summed E-state index contributed by atoms with van der Waals surface area (Å²) >= 11 is 0. The third-order valence-electron chi connectivity index (χ3n) is 4.07. The Balaban J connectivity index is 1.65. The second kappa shape index (κ2) is 5.31. The van der Waals surface area contributed by atoms with Crippen LogP contribution in [0.4, 0.5) is 4.79 Å². The van der Waals surface area contributed by atoms with E-state index in [1.54, 1.807) is 0 Å². The molecule has 2 N–H and O–H groups in total. The van der Waals surface area contributed by atoms with Gasteiger partial charge in [-0.05, 0) is 58.3 Å². The van der Waals surface area contributed by atoms with Crippen LogP contribution in [0.3, 0.4) is 0 Å². The van der Waals surface area contributed by atoms with E-state index < -0.39 is 5.60 Å². The standard InChI is InChI=1S/C15H28N2O2/c1-14(2,3)19-13(18)17-12-6-5-11(9-12)16-10-15(4)7-8-15/h11-12,16H,5-10H2,1-4H3,(H,17,18). The second-order valence-corrected chi connectivity index (χ2v) is 7.54. The Morgan fingerprint density at radius 1 is 1.26 bits per heavy atom. The third-order valence-corrected chi connectivity index (χ3v) is 4.07. The Labute approximate surface area is 116 Å². The van der Waals surface area contributed by atoms with Crippen LogP contribution in [0.2, 0.25) is 0 Å². The Hall–Kier alpha value is -0.770. The quantitative estimate of drug-likeness (QED) is 0.824. The Morgan fingerprint density at radius 2 is 1.89 bits per heavy atom. The maximum absolute atomic E-state index is 11.7. The summed E-state index contributed by atoms with van der Waals surface area (Å²) in [4.78, 5) is 11.7. The fourth-order valence-corrected chi connectivity index (χ4v) is 2.55. The fraction of sp³-hybridized carbons (Fsp3) is 0.933. The summed E-state index contributed by atoms with van der Waals surface area (Å²) in [5.74, 6) is 0. The van der Waals surface area contributed by atoms with E-state index in [2.05, 4.69) is 17.6 Å². The van der Waals surface area contributed by atoms with E-state index in [0.29, 0.717) is 11.5 Å².